The number of anilines is 1. The Labute approximate surface area is 125 Å². The molecule has 0 aliphatic carbocycles. The number of aliphatic hydroxyl groups excluding tert-OH is 1. The van der Waals surface area contributed by atoms with Gasteiger partial charge in [0.1, 0.15) is 5.82 Å². The van der Waals surface area contributed by atoms with Crippen molar-refractivity contribution in [3.05, 3.63) is 63.6 Å². The molecule has 0 saturated heterocycles. The standard InChI is InChI=1S/C14H11Cl2F2NO/c15-10-5-8(6-11(16)14(10)18)19-7-13(20)9-3-1-2-4-12(9)17/h1-6,13,19-20H,7H2. The molecule has 2 aromatic carbocycles. The van der Waals surface area contributed by atoms with Crippen LogP contribution in [0.3, 0.4) is 0 Å². The van der Waals surface area contributed by atoms with Gasteiger partial charge in [-0.15, -0.1) is 0 Å². The van der Waals surface area contributed by atoms with Gasteiger partial charge in [-0.05, 0) is 18.2 Å². The molecule has 0 amide bonds. The monoisotopic (exact) mass is 317 g/mol. The molecule has 0 aromatic heterocycles. The highest BCUT2D eigenvalue weighted by atomic mass is 35.5. The van der Waals surface area contributed by atoms with E-state index in [1.807, 2.05) is 0 Å². The van der Waals surface area contributed by atoms with Gasteiger partial charge in [-0.25, -0.2) is 8.78 Å². The minimum absolute atomic E-state index is 0.0409. The average molecular weight is 318 g/mol. The SMILES string of the molecule is OC(CNc1cc(Cl)c(F)c(Cl)c1)c1ccccc1F. The highest BCUT2D eigenvalue weighted by Crippen LogP contribution is 2.27. The summed E-state index contributed by atoms with van der Waals surface area (Å²) in [5.74, 6) is -1.19. The molecular formula is C14H11Cl2F2NO. The molecule has 20 heavy (non-hydrogen) atoms. The lowest BCUT2D eigenvalue weighted by Crippen LogP contribution is -2.13. The molecule has 106 valence electrons. The highest BCUT2D eigenvalue weighted by molar-refractivity contribution is 6.35. The Morgan fingerprint density at radius 3 is 2.30 bits per heavy atom. The van der Waals surface area contributed by atoms with Crippen LogP contribution in [-0.2, 0) is 0 Å². The predicted molar refractivity (Wildman–Crippen MR) is 76.3 cm³/mol. The molecule has 1 atom stereocenters. The van der Waals surface area contributed by atoms with E-state index < -0.39 is 17.7 Å². The van der Waals surface area contributed by atoms with Crippen molar-refractivity contribution in [3.8, 4) is 0 Å². The lowest BCUT2D eigenvalue weighted by molar-refractivity contribution is 0.186. The van der Waals surface area contributed by atoms with Crippen LogP contribution >= 0.6 is 23.2 Å². The second-order valence-corrected chi connectivity index (χ2v) is 4.99. The lowest BCUT2D eigenvalue weighted by atomic mass is 10.1. The van der Waals surface area contributed by atoms with Crippen LogP contribution < -0.4 is 5.32 Å². The van der Waals surface area contributed by atoms with Gasteiger partial charge in [0.05, 0.1) is 16.1 Å². The van der Waals surface area contributed by atoms with Gasteiger partial charge in [-0.1, -0.05) is 41.4 Å². The van der Waals surface area contributed by atoms with E-state index in [2.05, 4.69) is 5.32 Å². The van der Waals surface area contributed by atoms with Crippen LogP contribution in [0, 0.1) is 11.6 Å². The van der Waals surface area contributed by atoms with Crippen molar-refractivity contribution in [2.24, 2.45) is 0 Å². The van der Waals surface area contributed by atoms with Crippen molar-refractivity contribution in [1.82, 2.24) is 0 Å². The number of nitrogens with one attached hydrogen (secondary N) is 1. The Kier molecular flexibility index (Phi) is 4.81. The number of hydrogen-bond donors (Lipinski definition) is 2. The van der Waals surface area contributed by atoms with Gasteiger partial charge in [0.15, 0.2) is 5.82 Å². The van der Waals surface area contributed by atoms with Gasteiger partial charge >= 0.3 is 0 Å². The maximum Gasteiger partial charge on any atom is 0.160 e. The molecule has 6 heteroatoms. The fourth-order valence-corrected chi connectivity index (χ4v) is 2.21. The van der Waals surface area contributed by atoms with Crippen molar-refractivity contribution in [2.75, 3.05) is 11.9 Å². The summed E-state index contributed by atoms with van der Waals surface area (Å²) in [4.78, 5) is 0. The van der Waals surface area contributed by atoms with Crippen LogP contribution in [0.4, 0.5) is 14.5 Å². The van der Waals surface area contributed by atoms with E-state index in [1.54, 1.807) is 12.1 Å². The summed E-state index contributed by atoms with van der Waals surface area (Å²) in [6.45, 7) is 0.0409. The molecule has 2 nitrogen and oxygen atoms in total. The summed E-state index contributed by atoms with van der Waals surface area (Å²) in [5, 5.41) is 12.5. The summed E-state index contributed by atoms with van der Waals surface area (Å²) >= 11 is 11.3. The molecule has 0 bridgehead atoms. The van der Waals surface area contributed by atoms with Crippen molar-refractivity contribution in [2.45, 2.75) is 6.10 Å². The topological polar surface area (TPSA) is 32.3 Å². The average Bonchev–Trinajstić information content (AvgIpc) is 2.42. The summed E-state index contributed by atoms with van der Waals surface area (Å²) in [5.41, 5.74) is 0.621. The normalized spacial score (nSPS) is 12.2. The van der Waals surface area contributed by atoms with Gasteiger partial charge in [-0.2, -0.15) is 0 Å². The molecule has 2 aromatic rings. The Morgan fingerprint density at radius 1 is 1.10 bits per heavy atom. The Hall–Kier alpha value is -1.36. The zero-order valence-corrected chi connectivity index (χ0v) is 11.7. The second kappa shape index (κ2) is 6.39. The molecule has 0 heterocycles. The van der Waals surface area contributed by atoms with E-state index >= 15 is 0 Å². The minimum atomic E-state index is -1.04. The zero-order valence-electron chi connectivity index (χ0n) is 10.2. The molecule has 1 unspecified atom stereocenters. The third-order valence-corrected chi connectivity index (χ3v) is 3.30. The smallest absolute Gasteiger partial charge is 0.160 e. The molecule has 2 N–H and O–H groups in total. The predicted octanol–water partition coefficient (Wildman–Crippen LogP) is 4.42. The maximum absolute atomic E-state index is 13.5. The van der Waals surface area contributed by atoms with Gasteiger partial charge in [0, 0.05) is 17.8 Å². The molecular weight excluding hydrogens is 307 g/mol. The van der Waals surface area contributed by atoms with Gasteiger partial charge in [-0.3, -0.25) is 0 Å². The highest BCUT2D eigenvalue weighted by Gasteiger charge is 2.13. The van der Waals surface area contributed by atoms with Crippen molar-refractivity contribution in [3.63, 3.8) is 0 Å². The van der Waals surface area contributed by atoms with Gasteiger partial charge < -0.3 is 10.4 Å². The molecule has 0 saturated carbocycles. The van der Waals surface area contributed by atoms with Crippen LogP contribution in [0.2, 0.25) is 10.0 Å². The number of benzene rings is 2. The molecule has 0 radical (unpaired) electrons. The van der Waals surface area contributed by atoms with E-state index in [4.69, 9.17) is 23.2 Å². The Balaban J connectivity index is 2.07. The first kappa shape index (κ1) is 15.0. The lowest BCUT2D eigenvalue weighted by Gasteiger charge is -2.14. The second-order valence-electron chi connectivity index (χ2n) is 4.17. The van der Waals surface area contributed by atoms with Crippen LogP contribution in [0.1, 0.15) is 11.7 Å². The van der Waals surface area contributed by atoms with Crippen LogP contribution in [0.25, 0.3) is 0 Å². The first-order valence-corrected chi connectivity index (χ1v) is 6.55. The Bertz CT molecular complexity index is 599. The van der Waals surface area contributed by atoms with Crippen LogP contribution in [-0.4, -0.2) is 11.7 Å². The summed E-state index contributed by atoms with van der Waals surface area (Å²) < 4.78 is 26.7. The van der Waals surface area contributed by atoms with Crippen molar-refractivity contribution >= 4 is 28.9 Å². The van der Waals surface area contributed by atoms with Crippen LogP contribution in [0.5, 0.6) is 0 Å². The van der Waals surface area contributed by atoms with Crippen molar-refractivity contribution < 1.29 is 13.9 Å². The maximum atomic E-state index is 13.5. The summed E-state index contributed by atoms with van der Waals surface area (Å²) in [6.07, 6.45) is -1.04. The van der Waals surface area contributed by atoms with Gasteiger partial charge in [0.25, 0.3) is 0 Å². The molecule has 0 aliphatic rings. The third kappa shape index (κ3) is 3.39. The first-order chi connectivity index (χ1) is 9.49. The number of rotatable bonds is 4. The summed E-state index contributed by atoms with van der Waals surface area (Å²) in [7, 11) is 0. The summed E-state index contributed by atoms with van der Waals surface area (Å²) in [6, 6.07) is 8.62. The molecule has 0 aliphatic heterocycles. The fourth-order valence-electron chi connectivity index (χ4n) is 1.73. The fraction of sp³-hybridized carbons (Fsp3) is 0.143. The number of aliphatic hydroxyl groups is 1. The van der Waals surface area contributed by atoms with E-state index in [0.29, 0.717) is 5.69 Å². The largest absolute Gasteiger partial charge is 0.386 e. The first-order valence-electron chi connectivity index (χ1n) is 5.80. The van der Waals surface area contributed by atoms with E-state index in [-0.39, 0.29) is 22.2 Å². The van der Waals surface area contributed by atoms with Gasteiger partial charge in [0.2, 0.25) is 0 Å². The number of halogens is 4. The quantitative estimate of drug-likeness (QED) is 0.818. The van der Waals surface area contributed by atoms with Crippen molar-refractivity contribution in [1.29, 1.82) is 0 Å². The Morgan fingerprint density at radius 2 is 1.70 bits per heavy atom. The third-order valence-electron chi connectivity index (χ3n) is 2.75. The number of hydrogen-bond acceptors (Lipinski definition) is 2. The van der Waals surface area contributed by atoms with E-state index in [1.165, 1.54) is 24.3 Å². The molecule has 0 fully saturated rings. The zero-order chi connectivity index (χ0) is 14.7. The molecule has 0 spiro atoms. The van der Waals surface area contributed by atoms with E-state index in [9.17, 15) is 13.9 Å². The molecule has 2 rings (SSSR count). The van der Waals surface area contributed by atoms with Crippen LogP contribution in [0.15, 0.2) is 36.4 Å². The van der Waals surface area contributed by atoms with E-state index in [0.717, 1.165) is 0 Å². The minimum Gasteiger partial charge on any atom is -0.386 e.